The maximum Gasteiger partial charge on any atom is 0.453 e. The topological polar surface area (TPSA) is 23.1 Å². The van der Waals surface area contributed by atoms with Gasteiger partial charge in [0.05, 0.1) is 0 Å². The summed E-state index contributed by atoms with van der Waals surface area (Å²) in [6.45, 7) is 2.43. The van der Waals surface area contributed by atoms with Gasteiger partial charge in [0.15, 0.2) is 0 Å². The van der Waals surface area contributed by atoms with E-state index in [1.54, 1.807) is 0 Å². The lowest BCUT2D eigenvalue weighted by Gasteiger charge is -2.43. The SMILES string of the molecule is CC1(c2ccccc2)CCc2ccccc2C1CCCCCCCCC[S+]([O-])CCCC(F)(F)C(F)(F)F. The van der Waals surface area contributed by atoms with Crippen LogP contribution in [0.4, 0.5) is 22.0 Å². The van der Waals surface area contributed by atoms with Crippen molar-refractivity contribution >= 4 is 11.2 Å². The zero-order chi connectivity index (χ0) is 27.7. The first kappa shape index (κ1) is 30.9. The Balaban J connectivity index is 1.33. The normalized spacial score (nSPS) is 20.8. The van der Waals surface area contributed by atoms with Gasteiger partial charge < -0.3 is 4.55 Å². The van der Waals surface area contributed by atoms with E-state index in [4.69, 9.17) is 0 Å². The van der Waals surface area contributed by atoms with Gasteiger partial charge in [0.25, 0.3) is 0 Å². The molecular formula is C31H41F5OS. The highest BCUT2D eigenvalue weighted by molar-refractivity contribution is 7.91. The van der Waals surface area contributed by atoms with E-state index in [1.807, 2.05) is 0 Å². The molecule has 2 aromatic rings. The van der Waals surface area contributed by atoms with E-state index < -0.39 is 29.7 Å². The Morgan fingerprint density at radius 3 is 2.05 bits per heavy atom. The molecule has 0 amide bonds. The molecule has 0 spiro atoms. The molecule has 0 aromatic heterocycles. The summed E-state index contributed by atoms with van der Waals surface area (Å²) in [7, 11) is 0. The molecule has 7 heteroatoms. The van der Waals surface area contributed by atoms with Crippen molar-refractivity contribution in [2.75, 3.05) is 11.5 Å². The minimum atomic E-state index is -5.53. The molecule has 0 N–H and O–H groups in total. The van der Waals surface area contributed by atoms with Crippen molar-refractivity contribution < 1.29 is 26.5 Å². The monoisotopic (exact) mass is 556 g/mol. The van der Waals surface area contributed by atoms with Crippen molar-refractivity contribution in [1.82, 2.24) is 0 Å². The van der Waals surface area contributed by atoms with E-state index in [-0.39, 0.29) is 17.6 Å². The molecule has 0 fully saturated rings. The zero-order valence-electron chi connectivity index (χ0n) is 22.4. The molecule has 0 aliphatic heterocycles. The summed E-state index contributed by atoms with van der Waals surface area (Å²) in [5.74, 6) is -3.92. The highest BCUT2D eigenvalue weighted by Crippen LogP contribution is 2.49. The van der Waals surface area contributed by atoms with Crippen LogP contribution >= 0.6 is 0 Å². The number of aryl methyl sites for hydroxylation is 1. The Hall–Kier alpha value is -1.60. The Labute approximate surface area is 227 Å². The van der Waals surface area contributed by atoms with Crippen LogP contribution in [0.2, 0.25) is 0 Å². The molecule has 2 aromatic carbocycles. The first-order valence-corrected chi connectivity index (χ1v) is 15.5. The number of fused-ring (bicyclic) bond motifs is 1. The largest absolute Gasteiger partial charge is 0.616 e. The van der Waals surface area contributed by atoms with E-state index in [1.165, 1.54) is 29.5 Å². The average molecular weight is 557 g/mol. The summed E-state index contributed by atoms with van der Waals surface area (Å²) in [4.78, 5) is 0. The molecule has 3 atom stereocenters. The summed E-state index contributed by atoms with van der Waals surface area (Å²) in [5.41, 5.74) is 4.54. The van der Waals surface area contributed by atoms with Crippen molar-refractivity contribution in [3.63, 3.8) is 0 Å². The number of benzene rings is 2. The summed E-state index contributed by atoms with van der Waals surface area (Å²) in [5, 5.41) is 0. The number of halogens is 5. The van der Waals surface area contributed by atoms with Crippen LogP contribution in [0.1, 0.15) is 100 Å². The van der Waals surface area contributed by atoms with Crippen LogP contribution in [-0.4, -0.2) is 28.2 Å². The molecule has 1 aliphatic rings. The third-order valence-electron chi connectivity index (χ3n) is 8.19. The average Bonchev–Trinajstić information content (AvgIpc) is 2.88. The molecule has 0 heterocycles. The Morgan fingerprint density at radius 1 is 0.789 bits per heavy atom. The van der Waals surface area contributed by atoms with Gasteiger partial charge in [-0.25, -0.2) is 0 Å². The first-order chi connectivity index (χ1) is 18.0. The first-order valence-electron chi connectivity index (χ1n) is 14.0. The van der Waals surface area contributed by atoms with Crippen LogP contribution in [0.5, 0.6) is 0 Å². The third kappa shape index (κ3) is 8.45. The molecule has 0 radical (unpaired) electrons. The molecule has 1 aliphatic carbocycles. The smallest absolute Gasteiger partial charge is 0.453 e. The molecule has 38 heavy (non-hydrogen) atoms. The molecule has 1 nitrogen and oxygen atoms in total. The second kappa shape index (κ2) is 14.2. The quantitative estimate of drug-likeness (QED) is 0.122. The third-order valence-corrected chi connectivity index (χ3v) is 9.68. The summed E-state index contributed by atoms with van der Waals surface area (Å²) in [6, 6.07) is 19.8. The maximum absolute atomic E-state index is 12.9. The summed E-state index contributed by atoms with van der Waals surface area (Å²) in [6.07, 6.45) is 3.47. The summed E-state index contributed by atoms with van der Waals surface area (Å²) >= 11 is -1.34. The predicted octanol–water partition coefficient (Wildman–Crippen LogP) is 9.52. The minimum absolute atomic E-state index is 0.0993. The Kier molecular flexibility index (Phi) is 11.5. The Morgan fingerprint density at radius 2 is 1.37 bits per heavy atom. The molecule has 0 saturated carbocycles. The second-order valence-corrected chi connectivity index (χ2v) is 12.6. The molecule has 3 unspecified atom stereocenters. The van der Waals surface area contributed by atoms with Gasteiger partial charge in [0.2, 0.25) is 0 Å². The van der Waals surface area contributed by atoms with Gasteiger partial charge in [-0.15, -0.1) is 0 Å². The van der Waals surface area contributed by atoms with Crippen LogP contribution < -0.4 is 0 Å². The van der Waals surface area contributed by atoms with E-state index >= 15 is 0 Å². The van der Waals surface area contributed by atoms with Gasteiger partial charge in [-0.3, -0.25) is 0 Å². The lowest BCUT2D eigenvalue weighted by molar-refractivity contribution is -0.284. The van der Waals surface area contributed by atoms with E-state index in [0.717, 1.165) is 51.4 Å². The molecular weight excluding hydrogens is 515 g/mol. The van der Waals surface area contributed by atoms with E-state index in [9.17, 15) is 26.5 Å². The number of unbranched alkanes of at least 4 members (excludes halogenated alkanes) is 6. The van der Waals surface area contributed by atoms with Gasteiger partial charge in [0, 0.05) is 6.42 Å². The lowest BCUT2D eigenvalue weighted by atomic mass is 9.60. The lowest BCUT2D eigenvalue weighted by Crippen LogP contribution is -2.36. The fourth-order valence-electron chi connectivity index (χ4n) is 5.85. The van der Waals surface area contributed by atoms with Crippen LogP contribution in [0.25, 0.3) is 0 Å². The molecule has 3 rings (SSSR count). The van der Waals surface area contributed by atoms with Crippen LogP contribution in [0.15, 0.2) is 54.6 Å². The minimum Gasteiger partial charge on any atom is -0.616 e. The fourth-order valence-corrected chi connectivity index (χ4v) is 7.04. The van der Waals surface area contributed by atoms with Crippen molar-refractivity contribution in [3.05, 3.63) is 71.3 Å². The zero-order valence-corrected chi connectivity index (χ0v) is 23.2. The number of rotatable bonds is 15. The number of alkyl halides is 5. The van der Waals surface area contributed by atoms with Crippen LogP contribution in [0.3, 0.4) is 0 Å². The van der Waals surface area contributed by atoms with Crippen molar-refractivity contribution in [3.8, 4) is 0 Å². The summed E-state index contributed by atoms with van der Waals surface area (Å²) < 4.78 is 74.3. The number of hydrogen-bond acceptors (Lipinski definition) is 1. The molecule has 0 saturated heterocycles. The van der Waals surface area contributed by atoms with E-state index in [0.29, 0.717) is 11.7 Å². The van der Waals surface area contributed by atoms with Gasteiger partial charge in [-0.05, 0) is 66.5 Å². The van der Waals surface area contributed by atoms with Gasteiger partial charge in [0.1, 0.15) is 11.5 Å². The van der Waals surface area contributed by atoms with Gasteiger partial charge in [-0.1, -0.05) is 105 Å². The maximum atomic E-state index is 12.9. The van der Waals surface area contributed by atoms with Crippen LogP contribution in [0, 0.1) is 0 Å². The van der Waals surface area contributed by atoms with Crippen LogP contribution in [-0.2, 0) is 23.0 Å². The standard InChI is InChI=1S/C31H41F5OS/c1-29(26-16-8-7-9-17-26)22-20-25-15-11-12-18-27(25)28(29)19-10-5-3-2-4-6-13-23-38(37)24-14-21-30(32,33)31(34,35)36/h7-9,11-12,15-18,28H,2-6,10,13-14,19-24H2,1H3. The highest BCUT2D eigenvalue weighted by atomic mass is 32.2. The van der Waals surface area contributed by atoms with Gasteiger partial charge in [-0.2, -0.15) is 22.0 Å². The van der Waals surface area contributed by atoms with Crippen molar-refractivity contribution in [1.29, 1.82) is 0 Å². The van der Waals surface area contributed by atoms with Gasteiger partial charge >= 0.3 is 12.1 Å². The Bertz CT molecular complexity index is 964. The van der Waals surface area contributed by atoms with Crippen molar-refractivity contribution in [2.24, 2.45) is 0 Å². The van der Waals surface area contributed by atoms with Crippen molar-refractivity contribution in [2.45, 2.75) is 107 Å². The second-order valence-electron chi connectivity index (χ2n) is 11.0. The number of hydrogen-bond donors (Lipinski definition) is 0. The predicted molar refractivity (Wildman–Crippen MR) is 146 cm³/mol. The van der Waals surface area contributed by atoms with E-state index in [2.05, 4.69) is 61.5 Å². The molecule has 212 valence electrons. The molecule has 0 bridgehead atoms. The fraction of sp³-hybridized carbons (Fsp3) is 0.613. The highest BCUT2D eigenvalue weighted by Gasteiger charge is 2.56.